The third kappa shape index (κ3) is 3.12. The van der Waals surface area contributed by atoms with E-state index in [1.807, 2.05) is 18.0 Å². The average Bonchev–Trinajstić information content (AvgIpc) is 2.40. The number of hydrogen-bond acceptors (Lipinski definition) is 6. The van der Waals surface area contributed by atoms with Gasteiger partial charge in [0.05, 0.1) is 12.7 Å². The molecule has 17 heavy (non-hydrogen) atoms. The van der Waals surface area contributed by atoms with E-state index in [-0.39, 0.29) is 6.10 Å². The average molecular weight is 233 g/mol. The number of nitrogens with zero attached hydrogens (tertiary/aromatic N) is 4. The molecule has 90 valence electrons. The van der Waals surface area contributed by atoms with Gasteiger partial charge in [0.2, 0.25) is 5.95 Å². The van der Waals surface area contributed by atoms with Gasteiger partial charge in [-0.05, 0) is 6.07 Å². The lowest BCUT2D eigenvalue weighted by atomic mass is 10.3. The van der Waals surface area contributed by atoms with Gasteiger partial charge in [-0.15, -0.1) is 0 Å². The molecule has 0 spiro atoms. The summed E-state index contributed by atoms with van der Waals surface area (Å²) in [7, 11) is 1.90. The minimum Gasteiger partial charge on any atom is -0.374 e. The summed E-state index contributed by atoms with van der Waals surface area (Å²) in [6.45, 7) is 3.18. The molecule has 0 bridgehead atoms. The molecule has 1 saturated heterocycles. The zero-order valence-corrected chi connectivity index (χ0v) is 9.76. The Hall–Kier alpha value is -1.71. The predicted molar refractivity (Wildman–Crippen MR) is 62.6 cm³/mol. The van der Waals surface area contributed by atoms with E-state index in [9.17, 15) is 0 Å². The number of likely N-dealkylation sites (N-methyl/N-ethyl adjacent to an activating group) is 1. The number of rotatable bonds is 3. The van der Waals surface area contributed by atoms with Gasteiger partial charge in [0, 0.05) is 32.9 Å². The van der Waals surface area contributed by atoms with E-state index < -0.39 is 0 Å². The molecule has 0 saturated carbocycles. The maximum absolute atomic E-state index is 8.77. The van der Waals surface area contributed by atoms with E-state index in [0.717, 1.165) is 19.7 Å². The second kappa shape index (κ2) is 5.57. The zero-order chi connectivity index (χ0) is 12.1. The minimum atomic E-state index is 0.142. The predicted octanol–water partition coefficient (Wildman–Crippen LogP) is -0.227. The standard InChI is InChI=1S/C11H15N5O/c1-16(8-10-7-13-4-5-17-10)11-14-3-2-9(6-12)15-11/h2-3,10,13H,4-5,7-8H2,1H3. The molecule has 1 atom stereocenters. The van der Waals surface area contributed by atoms with Crippen molar-refractivity contribution in [3.63, 3.8) is 0 Å². The van der Waals surface area contributed by atoms with Gasteiger partial charge in [0.25, 0.3) is 0 Å². The Morgan fingerprint density at radius 1 is 1.71 bits per heavy atom. The Bertz CT molecular complexity index is 411. The van der Waals surface area contributed by atoms with E-state index in [2.05, 4.69) is 15.3 Å². The van der Waals surface area contributed by atoms with Crippen LogP contribution in [0.25, 0.3) is 0 Å². The highest BCUT2D eigenvalue weighted by Crippen LogP contribution is 2.07. The highest BCUT2D eigenvalue weighted by molar-refractivity contribution is 5.32. The second-order valence-electron chi connectivity index (χ2n) is 3.93. The summed E-state index contributed by atoms with van der Waals surface area (Å²) in [5.41, 5.74) is 0.379. The summed E-state index contributed by atoms with van der Waals surface area (Å²) < 4.78 is 5.60. The number of ether oxygens (including phenoxy) is 1. The summed E-state index contributed by atoms with van der Waals surface area (Å²) in [5, 5.41) is 12.0. The fourth-order valence-electron chi connectivity index (χ4n) is 1.72. The molecule has 1 fully saturated rings. The summed E-state index contributed by atoms with van der Waals surface area (Å²) in [5.74, 6) is 0.554. The third-order valence-electron chi connectivity index (χ3n) is 2.58. The van der Waals surface area contributed by atoms with Gasteiger partial charge in [-0.2, -0.15) is 5.26 Å². The van der Waals surface area contributed by atoms with Gasteiger partial charge in [0.15, 0.2) is 0 Å². The number of anilines is 1. The van der Waals surface area contributed by atoms with Crippen LogP contribution in [0.1, 0.15) is 5.69 Å². The first-order valence-electron chi connectivity index (χ1n) is 5.56. The maximum Gasteiger partial charge on any atom is 0.226 e. The lowest BCUT2D eigenvalue weighted by molar-refractivity contribution is 0.0338. The van der Waals surface area contributed by atoms with Crippen molar-refractivity contribution < 1.29 is 4.74 Å². The molecule has 6 nitrogen and oxygen atoms in total. The van der Waals surface area contributed by atoms with Gasteiger partial charge in [-0.3, -0.25) is 0 Å². The molecule has 1 aliphatic rings. The van der Waals surface area contributed by atoms with Crippen LogP contribution in [0.3, 0.4) is 0 Å². The quantitative estimate of drug-likeness (QED) is 0.777. The van der Waals surface area contributed by atoms with Crippen molar-refractivity contribution >= 4 is 5.95 Å². The largest absolute Gasteiger partial charge is 0.374 e. The first kappa shape index (κ1) is 11.8. The molecule has 0 amide bonds. The molecule has 1 N–H and O–H groups in total. The van der Waals surface area contributed by atoms with Crippen molar-refractivity contribution in [2.45, 2.75) is 6.10 Å². The lowest BCUT2D eigenvalue weighted by Crippen LogP contribution is -2.44. The third-order valence-corrected chi connectivity index (χ3v) is 2.58. The van der Waals surface area contributed by atoms with Gasteiger partial charge in [-0.1, -0.05) is 0 Å². The molecule has 0 radical (unpaired) electrons. The SMILES string of the molecule is CN(CC1CNCCO1)c1nccc(C#N)n1. The van der Waals surface area contributed by atoms with Crippen LogP contribution in [0.5, 0.6) is 0 Å². The van der Waals surface area contributed by atoms with Gasteiger partial charge >= 0.3 is 0 Å². The molecule has 1 aromatic rings. The van der Waals surface area contributed by atoms with Crippen molar-refractivity contribution in [2.24, 2.45) is 0 Å². The first-order chi connectivity index (χ1) is 8.29. The molecular formula is C11H15N5O. The Morgan fingerprint density at radius 3 is 3.29 bits per heavy atom. The molecule has 1 aliphatic heterocycles. The van der Waals surface area contributed by atoms with Crippen molar-refractivity contribution in [1.82, 2.24) is 15.3 Å². The monoisotopic (exact) mass is 233 g/mol. The number of morpholine rings is 1. The Morgan fingerprint density at radius 2 is 2.59 bits per heavy atom. The van der Waals surface area contributed by atoms with Gasteiger partial charge < -0.3 is 15.0 Å². The van der Waals surface area contributed by atoms with Crippen LogP contribution in [-0.4, -0.2) is 49.4 Å². The van der Waals surface area contributed by atoms with E-state index >= 15 is 0 Å². The fourth-order valence-corrected chi connectivity index (χ4v) is 1.72. The van der Waals surface area contributed by atoms with Crippen molar-refractivity contribution in [1.29, 1.82) is 5.26 Å². The Labute approximate surface area is 100 Å². The Balaban J connectivity index is 1.98. The number of nitriles is 1. The van der Waals surface area contributed by atoms with Crippen LogP contribution in [0, 0.1) is 11.3 Å². The molecule has 0 aromatic carbocycles. The summed E-state index contributed by atoms with van der Waals surface area (Å²) in [4.78, 5) is 10.2. The molecule has 2 rings (SSSR count). The summed E-state index contributed by atoms with van der Waals surface area (Å²) >= 11 is 0. The van der Waals surface area contributed by atoms with Crippen LogP contribution in [0.15, 0.2) is 12.3 Å². The highest BCUT2D eigenvalue weighted by Gasteiger charge is 2.16. The van der Waals surface area contributed by atoms with E-state index in [1.165, 1.54) is 0 Å². The van der Waals surface area contributed by atoms with Crippen LogP contribution in [0.2, 0.25) is 0 Å². The van der Waals surface area contributed by atoms with Crippen LogP contribution in [0.4, 0.5) is 5.95 Å². The van der Waals surface area contributed by atoms with E-state index in [0.29, 0.717) is 18.2 Å². The number of aromatic nitrogens is 2. The van der Waals surface area contributed by atoms with Crippen LogP contribution in [-0.2, 0) is 4.74 Å². The molecule has 6 heteroatoms. The van der Waals surface area contributed by atoms with Crippen molar-refractivity contribution in [3.8, 4) is 6.07 Å². The van der Waals surface area contributed by atoms with Crippen LogP contribution < -0.4 is 10.2 Å². The first-order valence-corrected chi connectivity index (χ1v) is 5.56. The van der Waals surface area contributed by atoms with Crippen LogP contribution >= 0.6 is 0 Å². The topological polar surface area (TPSA) is 74.1 Å². The van der Waals surface area contributed by atoms with E-state index in [1.54, 1.807) is 12.3 Å². The maximum atomic E-state index is 8.77. The normalized spacial score (nSPS) is 19.6. The summed E-state index contributed by atoms with van der Waals surface area (Å²) in [6, 6.07) is 3.60. The molecule has 0 aliphatic carbocycles. The van der Waals surface area contributed by atoms with E-state index in [4.69, 9.17) is 10.00 Å². The van der Waals surface area contributed by atoms with Gasteiger partial charge in [0.1, 0.15) is 11.8 Å². The Kier molecular flexibility index (Phi) is 3.85. The molecule has 1 aromatic heterocycles. The lowest BCUT2D eigenvalue weighted by Gasteiger charge is -2.27. The second-order valence-corrected chi connectivity index (χ2v) is 3.93. The number of hydrogen-bond donors (Lipinski definition) is 1. The zero-order valence-electron chi connectivity index (χ0n) is 9.76. The number of nitrogens with one attached hydrogen (secondary N) is 1. The highest BCUT2D eigenvalue weighted by atomic mass is 16.5. The molecule has 1 unspecified atom stereocenters. The smallest absolute Gasteiger partial charge is 0.226 e. The minimum absolute atomic E-state index is 0.142. The van der Waals surface area contributed by atoms with Gasteiger partial charge in [-0.25, -0.2) is 9.97 Å². The fraction of sp³-hybridized carbons (Fsp3) is 0.545. The molecule has 2 heterocycles. The molecular weight excluding hydrogens is 218 g/mol. The van der Waals surface area contributed by atoms with Crippen molar-refractivity contribution in [3.05, 3.63) is 18.0 Å². The van der Waals surface area contributed by atoms with Crippen molar-refractivity contribution in [2.75, 3.05) is 38.2 Å². The summed E-state index contributed by atoms with van der Waals surface area (Å²) in [6.07, 6.45) is 1.74.